The Bertz CT molecular complexity index is 270. The van der Waals surface area contributed by atoms with Crippen LogP contribution in [0.4, 0.5) is 0 Å². The first-order valence-corrected chi connectivity index (χ1v) is 7.96. The first-order valence-electron chi connectivity index (χ1n) is 7.96. The van der Waals surface area contributed by atoms with E-state index in [9.17, 15) is 0 Å². The number of nitrogens with zero attached hydrogens (tertiary/aromatic N) is 1. The van der Waals surface area contributed by atoms with Crippen molar-refractivity contribution in [1.29, 1.82) is 0 Å². The van der Waals surface area contributed by atoms with Crippen LogP contribution >= 0.6 is 0 Å². The van der Waals surface area contributed by atoms with Crippen LogP contribution in [0, 0.1) is 11.3 Å². The molecule has 2 saturated carbocycles. The molecule has 2 fully saturated rings. The van der Waals surface area contributed by atoms with Crippen molar-refractivity contribution < 1.29 is 0 Å². The van der Waals surface area contributed by atoms with Crippen LogP contribution in [0.5, 0.6) is 0 Å². The van der Waals surface area contributed by atoms with Gasteiger partial charge in [-0.3, -0.25) is 4.90 Å². The van der Waals surface area contributed by atoms with E-state index in [1.54, 1.807) is 0 Å². The number of nitrogens with two attached hydrogens (primary N) is 1. The molecule has 2 rings (SSSR count). The summed E-state index contributed by atoms with van der Waals surface area (Å²) in [5.41, 5.74) is 7.00. The Labute approximate surface area is 113 Å². The van der Waals surface area contributed by atoms with Gasteiger partial charge in [-0.25, -0.2) is 0 Å². The molecular weight excluding hydrogens is 220 g/mol. The molecule has 2 aliphatic rings. The van der Waals surface area contributed by atoms with E-state index in [1.165, 1.54) is 58.0 Å². The van der Waals surface area contributed by atoms with Gasteiger partial charge in [0.05, 0.1) is 0 Å². The largest absolute Gasteiger partial charge is 0.329 e. The molecule has 1 unspecified atom stereocenters. The van der Waals surface area contributed by atoms with E-state index in [1.807, 2.05) is 0 Å². The number of hydrogen-bond donors (Lipinski definition) is 1. The molecule has 0 aliphatic heterocycles. The minimum absolute atomic E-state index is 0.298. The van der Waals surface area contributed by atoms with Crippen molar-refractivity contribution in [1.82, 2.24) is 4.90 Å². The van der Waals surface area contributed by atoms with Gasteiger partial charge in [-0.05, 0) is 50.0 Å². The van der Waals surface area contributed by atoms with Gasteiger partial charge < -0.3 is 5.73 Å². The van der Waals surface area contributed by atoms with E-state index in [4.69, 9.17) is 5.73 Å². The van der Waals surface area contributed by atoms with Crippen LogP contribution in [-0.2, 0) is 0 Å². The van der Waals surface area contributed by atoms with Crippen LogP contribution in [0.15, 0.2) is 0 Å². The second kappa shape index (κ2) is 5.50. The molecular formula is C16H32N2. The van der Waals surface area contributed by atoms with Crippen LogP contribution in [0.25, 0.3) is 0 Å². The minimum Gasteiger partial charge on any atom is -0.329 e. The normalized spacial score (nSPS) is 32.5. The molecule has 0 amide bonds. The second-order valence-electron chi connectivity index (χ2n) is 7.46. The molecule has 0 aromatic carbocycles. The van der Waals surface area contributed by atoms with Crippen molar-refractivity contribution in [2.75, 3.05) is 19.6 Å². The van der Waals surface area contributed by atoms with Crippen molar-refractivity contribution in [2.24, 2.45) is 17.1 Å². The van der Waals surface area contributed by atoms with Crippen LogP contribution in [0.2, 0.25) is 0 Å². The molecule has 2 nitrogen and oxygen atoms in total. The molecule has 0 bridgehead atoms. The maximum atomic E-state index is 6.23. The van der Waals surface area contributed by atoms with Gasteiger partial charge in [0.15, 0.2) is 0 Å². The Morgan fingerprint density at radius 2 is 1.89 bits per heavy atom. The van der Waals surface area contributed by atoms with E-state index in [2.05, 4.69) is 25.7 Å². The van der Waals surface area contributed by atoms with Gasteiger partial charge in [0, 0.05) is 18.6 Å². The standard InChI is InChI=1S/C16H32N2/c1-4-18(11-14-7-5-8-14)16(13-17)10-6-9-15(2,3)12-16/h14H,4-13,17H2,1-3H3. The van der Waals surface area contributed by atoms with E-state index in [0.717, 1.165) is 12.5 Å². The summed E-state index contributed by atoms with van der Waals surface area (Å²) in [7, 11) is 0. The highest BCUT2D eigenvalue weighted by Crippen LogP contribution is 2.44. The van der Waals surface area contributed by atoms with Crippen LogP contribution < -0.4 is 5.73 Å². The Kier molecular flexibility index (Phi) is 4.38. The predicted octanol–water partition coefficient (Wildman–Crippen LogP) is 3.41. The van der Waals surface area contributed by atoms with Gasteiger partial charge in [-0.2, -0.15) is 0 Å². The monoisotopic (exact) mass is 252 g/mol. The molecule has 106 valence electrons. The maximum absolute atomic E-state index is 6.23. The fourth-order valence-electron chi connectivity index (χ4n) is 4.18. The highest BCUT2D eigenvalue weighted by molar-refractivity contribution is 4.99. The van der Waals surface area contributed by atoms with Crippen molar-refractivity contribution in [2.45, 2.75) is 71.3 Å². The lowest BCUT2D eigenvalue weighted by molar-refractivity contribution is -0.00431. The number of likely N-dealkylation sites (N-methyl/N-ethyl adjacent to an activating group) is 1. The second-order valence-corrected chi connectivity index (χ2v) is 7.46. The molecule has 2 aliphatic carbocycles. The van der Waals surface area contributed by atoms with Gasteiger partial charge >= 0.3 is 0 Å². The van der Waals surface area contributed by atoms with E-state index in [0.29, 0.717) is 11.0 Å². The van der Waals surface area contributed by atoms with Gasteiger partial charge in [0.2, 0.25) is 0 Å². The highest BCUT2D eigenvalue weighted by Gasteiger charge is 2.43. The summed E-state index contributed by atoms with van der Waals surface area (Å²) in [6.45, 7) is 10.5. The van der Waals surface area contributed by atoms with E-state index >= 15 is 0 Å². The fourth-order valence-corrected chi connectivity index (χ4v) is 4.18. The third-order valence-corrected chi connectivity index (χ3v) is 5.44. The summed E-state index contributed by atoms with van der Waals surface area (Å²) in [4.78, 5) is 2.73. The Morgan fingerprint density at radius 1 is 1.17 bits per heavy atom. The Morgan fingerprint density at radius 3 is 2.33 bits per heavy atom. The van der Waals surface area contributed by atoms with Crippen LogP contribution in [-0.4, -0.2) is 30.1 Å². The molecule has 2 N–H and O–H groups in total. The Hall–Kier alpha value is -0.0800. The van der Waals surface area contributed by atoms with Gasteiger partial charge in [0.25, 0.3) is 0 Å². The summed E-state index contributed by atoms with van der Waals surface area (Å²) < 4.78 is 0. The molecule has 0 aromatic heterocycles. The average Bonchev–Trinajstić information content (AvgIpc) is 2.26. The lowest BCUT2D eigenvalue weighted by atomic mass is 9.67. The minimum atomic E-state index is 0.298. The highest BCUT2D eigenvalue weighted by atomic mass is 15.2. The SMILES string of the molecule is CCN(CC1CCC1)C1(CN)CCCC(C)(C)C1. The van der Waals surface area contributed by atoms with Gasteiger partial charge in [-0.15, -0.1) is 0 Å². The zero-order valence-electron chi connectivity index (χ0n) is 12.7. The van der Waals surface area contributed by atoms with E-state index < -0.39 is 0 Å². The summed E-state index contributed by atoms with van der Waals surface area (Å²) in [5, 5.41) is 0. The van der Waals surface area contributed by atoms with Crippen LogP contribution in [0.3, 0.4) is 0 Å². The quantitative estimate of drug-likeness (QED) is 0.812. The van der Waals surface area contributed by atoms with Crippen LogP contribution in [0.1, 0.15) is 65.7 Å². The third kappa shape index (κ3) is 2.91. The zero-order valence-corrected chi connectivity index (χ0v) is 12.7. The molecule has 0 saturated heterocycles. The molecule has 0 spiro atoms. The van der Waals surface area contributed by atoms with Crippen molar-refractivity contribution in [3.63, 3.8) is 0 Å². The molecule has 18 heavy (non-hydrogen) atoms. The summed E-state index contributed by atoms with van der Waals surface area (Å²) in [6, 6.07) is 0. The summed E-state index contributed by atoms with van der Waals surface area (Å²) in [6.07, 6.45) is 9.66. The van der Waals surface area contributed by atoms with Crippen molar-refractivity contribution >= 4 is 0 Å². The topological polar surface area (TPSA) is 29.3 Å². The number of rotatable bonds is 5. The summed E-state index contributed by atoms with van der Waals surface area (Å²) >= 11 is 0. The Balaban J connectivity index is 2.07. The van der Waals surface area contributed by atoms with Crippen molar-refractivity contribution in [3.05, 3.63) is 0 Å². The molecule has 2 heteroatoms. The van der Waals surface area contributed by atoms with Crippen molar-refractivity contribution in [3.8, 4) is 0 Å². The first-order chi connectivity index (χ1) is 8.51. The van der Waals surface area contributed by atoms with Gasteiger partial charge in [0.1, 0.15) is 0 Å². The average molecular weight is 252 g/mol. The maximum Gasteiger partial charge on any atom is 0.0336 e. The summed E-state index contributed by atoms with van der Waals surface area (Å²) in [5.74, 6) is 0.957. The molecule has 0 aromatic rings. The van der Waals surface area contributed by atoms with E-state index in [-0.39, 0.29) is 0 Å². The number of hydrogen-bond acceptors (Lipinski definition) is 2. The van der Waals surface area contributed by atoms with Gasteiger partial charge in [-0.1, -0.05) is 33.6 Å². The zero-order chi connectivity index (χ0) is 13.2. The smallest absolute Gasteiger partial charge is 0.0336 e. The first kappa shape index (κ1) is 14.3. The molecule has 0 radical (unpaired) electrons. The lowest BCUT2D eigenvalue weighted by Gasteiger charge is -2.52. The molecule has 0 heterocycles. The molecule has 1 atom stereocenters. The lowest BCUT2D eigenvalue weighted by Crippen LogP contribution is -2.59. The predicted molar refractivity (Wildman–Crippen MR) is 78.6 cm³/mol. The fraction of sp³-hybridized carbons (Fsp3) is 1.00. The third-order valence-electron chi connectivity index (χ3n) is 5.44.